The van der Waals surface area contributed by atoms with Gasteiger partial charge in [0.15, 0.2) is 0 Å². The molecule has 0 saturated carbocycles. The number of hydrogen-bond donors (Lipinski definition) is 2. The molecule has 0 atom stereocenters. The van der Waals surface area contributed by atoms with Gasteiger partial charge < -0.3 is 29.7 Å². The average molecular weight is 503 g/mol. The smallest absolute Gasteiger partial charge is 0.310 e. The van der Waals surface area contributed by atoms with Crippen molar-refractivity contribution in [3.8, 4) is 16.9 Å². The van der Waals surface area contributed by atoms with Crippen LogP contribution in [-0.4, -0.2) is 26.1 Å². The van der Waals surface area contributed by atoms with E-state index in [1.165, 1.54) is 14.0 Å². The summed E-state index contributed by atoms with van der Waals surface area (Å²) in [6.07, 6.45) is 0.0461. The van der Waals surface area contributed by atoms with E-state index in [9.17, 15) is 9.59 Å². The van der Waals surface area contributed by atoms with Gasteiger partial charge in [0.1, 0.15) is 30.3 Å². The predicted molar refractivity (Wildman–Crippen MR) is 141 cm³/mol. The molecule has 3 aromatic carbocycles. The van der Waals surface area contributed by atoms with Crippen LogP contribution in [0.5, 0.6) is 5.75 Å². The number of nitrogens with one attached hydrogen (secondary N) is 1. The number of amides is 1. The molecule has 1 amide bonds. The Hall–Kier alpha value is -4.14. The maximum Gasteiger partial charge on any atom is 0.310 e. The first-order valence-electron chi connectivity index (χ1n) is 11.8. The van der Waals surface area contributed by atoms with Crippen molar-refractivity contribution >= 4 is 28.5 Å². The summed E-state index contributed by atoms with van der Waals surface area (Å²) in [5.41, 5.74) is 11.7. The van der Waals surface area contributed by atoms with Gasteiger partial charge in [-0.1, -0.05) is 24.3 Å². The summed E-state index contributed by atoms with van der Waals surface area (Å²) < 4.78 is 22.4. The number of furan rings is 1. The molecule has 0 bridgehead atoms. The number of methoxy groups -OCH3 is 2. The number of carbonyl (C=O) groups is 2. The summed E-state index contributed by atoms with van der Waals surface area (Å²) in [4.78, 5) is 23.5. The molecule has 0 aliphatic rings. The molecule has 1 aromatic heterocycles. The van der Waals surface area contributed by atoms with E-state index >= 15 is 0 Å². The Morgan fingerprint density at radius 1 is 0.973 bits per heavy atom. The van der Waals surface area contributed by atoms with Crippen LogP contribution in [0.4, 0.5) is 5.69 Å². The van der Waals surface area contributed by atoms with Crippen molar-refractivity contribution in [1.82, 2.24) is 0 Å². The van der Waals surface area contributed by atoms with Crippen molar-refractivity contribution in [2.24, 2.45) is 5.73 Å². The summed E-state index contributed by atoms with van der Waals surface area (Å²) >= 11 is 0. The van der Waals surface area contributed by atoms with Crippen LogP contribution < -0.4 is 15.8 Å². The van der Waals surface area contributed by atoms with Crippen LogP contribution in [0.2, 0.25) is 0 Å². The molecular formula is C29H30N2O6. The monoisotopic (exact) mass is 502 g/mol. The lowest BCUT2D eigenvalue weighted by Gasteiger charge is -2.14. The van der Waals surface area contributed by atoms with E-state index in [-0.39, 0.29) is 24.9 Å². The molecule has 0 spiro atoms. The van der Waals surface area contributed by atoms with E-state index < -0.39 is 0 Å². The van der Waals surface area contributed by atoms with Crippen molar-refractivity contribution in [3.05, 3.63) is 83.1 Å². The van der Waals surface area contributed by atoms with Crippen molar-refractivity contribution in [1.29, 1.82) is 0 Å². The minimum Gasteiger partial charge on any atom is -0.489 e. The van der Waals surface area contributed by atoms with E-state index in [2.05, 4.69) is 5.32 Å². The normalized spacial score (nSPS) is 10.9. The van der Waals surface area contributed by atoms with Gasteiger partial charge in [-0.15, -0.1) is 0 Å². The predicted octanol–water partition coefficient (Wildman–Crippen LogP) is 4.96. The largest absolute Gasteiger partial charge is 0.489 e. The minimum atomic E-state index is -0.385. The number of rotatable bonds is 10. The second kappa shape index (κ2) is 11.7. The van der Waals surface area contributed by atoms with Gasteiger partial charge in [-0.3, -0.25) is 9.59 Å². The number of nitrogens with two attached hydrogens (primary N) is 1. The van der Waals surface area contributed by atoms with Crippen LogP contribution in [0.3, 0.4) is 0 Å². The highest BCUT2D eigenvalue weighted by Crippen LogP contribution is 2.34. The number of fused-ring (bicyclic) bond motifs is 1. The van der Waals surface area contributed by atoms with E-state index in [0.29, 0.717) is 30.2 Å². The van der Waals surface area contributed by atoms with Crippen LogP contribution in [0.15, 0.2) is 65.1 Å². The molecule has 4 rings (SSSR count). The zero-order valence-electron chi connectivity index (χ0n) is 21.1. The molecule has 1 heterocycles. The van der Waals surface area contributed by atoms with Crippen LogP contribution in [0.25, 0.3) is 22.1 Å². The molecule has 3 N–H and O–H groups in total. The first kappa shape index (κ1) is 25.9. The lowest BCUT2D eigenvalue weighted by atomic mass is 9.99. The SMILES string of the molecule is COCc1cc2cc(COc3cc(NC(C)=O)ccc3CC(=O)OC)cc(-c3cccc(CN)c3)c2o1. The molecule has 37 heavy (non-hydrogen) atoms. The molecule has 4 aromatic rings. The summed E-state index contributed by atoms with van der Waals surface area (Å²) in [7, 11) is 2.97. The number of hydrogen-bond acceptors (Lipinski definition) is 7. The zero-order valence-corrected chi connectivity index (χ0v) is 21.1. The second-order valence-electron chi connectivity index (χ2n) is 8.66. The van der Waals surface area contributed by atoms with Gasteiger partial charge in [-0.25, -0.2) is 0 Å². The van der Waals surface area contributed by atoms with Gasteiger partial charge in [0.2, 0.25) is 5.91 Å². The third kappa shape index (κ3) is 6.35. The van der Waals surface area contributed by atoms with Crippen LogP contribution in [0.1, 0.15) is 29.4 Å². The van der Waals surface area contributed by atoms with Crippen LogP contribution >= 0.6 is 0 Å². The standard InChI is InChI=1S/C29H30N2O6/c1-18(32)31-24-8-7-22(13-28(33)35-3)27(14-24)36-16-20-10-23-12-25(17-34-2)37-29(23)26(11-20)21-6-4-5-19(9-21)15-30/h4-12,14H,13,15-17,30H2,1-3H3,(H,31,32). The lowest BCUT2D eigenvalue weighted by molar-refractivity contribution is -0.139. The maximum absolute atomic E-state index is 11.9. The molecule has 0 aliphatic carbocycles. The van der Waals surface area contributed by atoms with Crippen molar-refractivity contribution < 1.29 is 28.2 Å². The average Bonchev–Trinajstić information content (AvgIpc) is 3.30. The van der Waals surface area contributed by atoms with Gasteiger partial charge >= 0.3 is 5.97 Å². The molecule has 8 nitrogen and oxygen atoms in total. The zero-order chi connectivity index (χ0) is 26.4. The molecule has 0 unspecified atom stereocenters. The highest BCUT2D eigenvalue weighted by atomic mass is 16.5. The fraction of sp³-hybridized carbons (Fsp3) is 0.241. The fourth-order valence-electron chi connectivity index (χ4n) is 4.15. The second-order valence-corrected chi connectivity index (χ2v) is 8.66. The highest BCUT2D eigenvalue weighted by molar-refractivity contribution is 5.94. The molecule has 0 saturated heterocycles. The maximum atomic E-state index is 11.9. The fourth-order valence-corrected chi connectivity index (χ4v) is 4.15. The van der Waals surface area contributed by atoms with E-state index in [1.54, 1.807) is 25.3 Å². The Bertz CT molecular complexity index is 1430. The van der Waals surface area contributed by atoms with Gasteiger partial charge in [0, 0.05) is 48.8 Å². The van der Waals surface area contributed by atoms with E-state index in [4.69, 9.17) is 24.4 Å². The topological polar surface area (TPSA) is 113 Å². The molecule has 192 valence electrons. The number of esters is 1. The highest BCUT2D eigenvalue weighted by Gasteiger charge is 2.15. The van der Waals surface area contributed by atoms with Gasteiger partial charge in [-0.05, 0) is 47.0 Å². The Balaban J connectivity index is 1.71. The summed E-state index contributed by atoms with van der Waals surface area (Å²) in [6.45, 7) is 2.44. The Morgan fingerprint density at radius 2 is 1.81 bits per heavy atom. The Morgan fingerprint density at radius 3 is 2.54 bits per heavy atom. The number of anilines is 1. The quantitative estimate of drug-likeness (QED) is 0.295. The molecule has 0 radical (unpaired) electrons. The summed E-state index contributed by atoms with van der Waals surface area (Å²) in [5.74, 6) is 0.615. The number of benzene rings is 3. The summed E-state index contributed by atoms with van der Waals surface area (Å²) in [6, 6.07) is 19.2. The first-order valence-corrected chi connectivity index (χ1v) is 11.8. The van der Waals surface area contributed by atoms with Gasteiger partial charge in [0.05, 0.1) is 13.5 Å². The van der Waals surface area contributed by atoms with E-state index in [0.717, 1.165) is 39.0 Å². The van der Waals surface area contributed by atoms with Crippen LogP contribution in [-0.2, 0) is 45.2 Å². The molecule has 0 aliphatic heterocycles. The van der Waals surface area contributed by atoms with Gasteiger partial charge in [0.25, 0.3) is 0 Å². The third-order valence-corrected chi connectivity index (χ3v) is 5.83. The Labute approximate surface area is 215 Å². The molecule has 0 fully saturated rings. The van der Waals surface area contributed by atoms with Crippen molar-refractivity contribution in [3.63, 3.8) is 0 Å². The lowest BCUT2D eigenvalue weighted by Crippen LogP contribution is -2.09. The van der Waals surface area contributed by atoms with Crippen molar-refractivity contribution in [2.45, 2.75) is 33.1 Å². The minimum absolute atomic E-state index is 0.0461. The molecule has 8 heteroatoms. The van der Waals surface area contributed by atoms with Crippen LogP contribution in [0, 0.1) is 0 Å². The first-order chi connectivity index (χ1) is 17.9. The third-order valence-electron chi connectivity index (χ3n) is 5.83. The number of ether oxygens (including phenoxy) is 3. The summed E-state index contributed by atoms with van der Waals surface area (Å²) in [5, 5.41) is 3.67. The Kier molecular flexibility index (Phi) is 8.22. The van der Waals surface area contributed by atoms with Gasteiger partial charge in [-0.2, -0.15) is 0 Å². The van der Waals surface area contributed by atoms with Crippen molar-refractivity contribution in [2.75, 3.05) is 19.5 Å². The van der Waals surface area contributed by atoms with E-state index in [1.807, 2.05) is 42.5 Å². The molecular weight excluding hydrogens is 472 g/mol. The number of carbonyl (C=O) groups excluding carboxylic acids is 2.